The van der Waals surface area contributed by atoms with Crippen LogP contribution in [-0.4, -0.2) is 30.1 Å². The summed E-state index contributed by atoms with van der Waals surface area (Å²) in [6.07, 6.45) is 5.48. The SMILES string of the molecule is CC(C)C(c1ccccc1)N(CC1CCCN1)C1CC1. The van der Waals surface area contributed by atoms with E-state index in [9.17, 15) is 0 Å². The van der Waals surface area contributed by atoms with Gasteiger partial charge in [0.15, 0.2) is 0 Å². The monoisotopic (exact) mass is 272 g/mol. The van der Waals surface area contributed by atoms with Gasteiger partial charge in [0, 0.05) is 24.7 Å². The lowest BCUT2D eigenvalue weighted by Gasteiger charge is -2.37. The molecule has 0 radical (unpaired) electrons. The van der Waals surface area contributed by atoms with Gasteiger partial charge in [-0.2, -0.15) is 0 Å². The Kier molecular flexibility index (Phi) is 4.42. The van der Waals surface area contributed by atoms with E-state index in [1.807, 2.05) is 0 Å². The van der Waals surface area contributed by atoms with E-state index in [4.69, 9.17) is 0 Å². The van der Waals surface area contributed by atoms with E-state index in [0.29, 0.717) is 18.0 Å². The van der Waals surface area contributed by atoms with Gasteiger partial charge in [0.25, 0.3) is 0 Å². The molecular formula is C18H28N2. The van der Waals surface area contributed by atoms with Gasteiger partial charge < -0.3 is 5.32 Å². The largest absolute Gasteiger partial charge is 0.313 e. The van der Waals surface area contributed by atoms with Gasteiger partial charge in [-0.05, 0) is 43.7 Å². The minimum atomic E-state index is 0.575. The quantitative estimate of drug-likeness (QED) is 0.851. The van der Waals surface area contributed by atoms with Gasteiger partial charge >= 0.3 is 0 Å². The lowest BCUT2D eigenvalue weighted by Crippen LogP contribution is -2.42. The average molecular weight is 272 g/mol. The zero-order chi connectivity index (χ0) is 13.9. The Hall–Kier alpha value is -0.860. The molecule has 3 rings (SSSR count). The van der Waals surface area contributed by atoms with Crippen molar-refractivity contribution in [2.24, 2.45) is 5.92 Å². The third kappa shape index (κ3) is 3.24. The molecule has 110 valence electrons. The smallest absolute Gasteiger partial charge is 0.0374 e. The van der Waals surface area contributed by atoms with E-state index < -0.39 is 0 Å². The van der Waals surface area contributed by atoms with Gasteiger partial charge in [0.2, 0.25) is 0 Å². The first-order valence-electron chi connectivity index (χ1n) is 8.30. The summed E-state index contributed by atoms with van der Waals surface area (Å²) in [5.41, 5.74) is 1.49. The molecule has 2 nitrogen and oxygen atoms in total. The molecule has 0 amide bonds. The summed E-state index contributed by atoms with van der Waals surface area (Å²) < 4.78 is 0. The van der Waals surface area contributed by atoms with Crippen molar-refractivity contribution >= 4 is 0 Å². The molecule has 1 saturated heterocycles. The van der Waals surface area contributed by atoms with Crippen molar-refractivity contribution in [2.75, 3.05) is 13.1 Å². The van der Waals surface area contributed by atoms with Crippen LogP contribution >= 0.6 is 0 Å². The lowest BCUT2D eigenvalue weighted by molar-refractivity contribution is 0.133. The summed E-state index contributed by atoms with van der Waals surface area (Å²) in [5.74, 6) is 0.666. The molecule has 2 atom stereocenters. The van der Waals surface area contributed by atoms with Crippen molar-refractivity contribution in [3.63, 3.8) is 0 Å². The van der Waals surface area contributed by atoms with Crippen LogP contribution in [0.4, 0.5) is 0 Å². The predicted octanol–water partition coefficient (Wildman–Crippen LogP) is 3.60. The van der Waals surface area contributed by atoms with E-state index in [1.165, 1.54) is 44.3 Å². The second-order valence-electron chi connectivity index (χ2n) is 6.82. The van der Waals surface area contributed by atoms with Crippen molar-refractivity contribution in [3.05, 3.63) is 35.9 Å². The van der Waals surface area contributed by atoms with E-state index in [0.717, 1.165) is 6.04 Å². The molecule has 1 saturated carbocycles. The second kappa shape index (κ2) is 6.28. The Balaban J connectivity index is 1.78. The average Bonchev–Trinajstić information content (AvgIpc) is 3.17. The highest BCUT2D eigenvalue weighted by Crippen LogP contribution is 2.38. The van der Waals surface area contributed by atoms with Crippen LogP contribution in [0.15, 0.2) is 30.3 Å². The van der Waals surface area contributed by atoms with E-state index in [2.05, 4.69) is 54.4 Å². The number of hydrogen-bond donors (Lipinski definition) is 1. The highest BCUT2D eigenvalue weighted by molar-refractivity contribution is 5.20. The van der Waals surface area contributed by atoms with Gasteiger partial charge in [0.05, 0.1) is 0 Å². The Morgan fingerprint density at radius 1 is 1.15 bits per heavy atom. The highest BCUT2D eigenvalue weighted by atomic mass is 15.2. The van der Waals surface area contributed by atoms with Crippen LogP contribution in [0.3, 0.4) is 0 Å². The molecule has 1 aliphatic carbocycles. The number of nitrogens with one attached hydrogen (secondary N) is 1. The van der Waals surface area contributed by atoms with Crippen LogP contribution < -0.4 is 5.32 Å². The molecule has 1 aliphatic heterocycles. The maximum atomic E-state index is 3.67. The molecule has 1 heterocycles. The third-order valence-electron chi connectivity index (χ3n) is 4.74. The first-order valence-corrected chi connectivity index (χ1v) is 8.30. The van der Waals surface area contributed by atoms with Crippen LogP contribution in [-0.2, 0) is 0 Å². The zero-order valence-electron chi connectivity index (χ0n) is 12.9. The summed E-state index contributed by atoms with van der Waals surface area (Å²) in [4.78, 5) is 2.79. The summed E-state index contributed by atoms with van der Waals surface area (Å²) >= 11 is 0. The normalized spacial score (nSPS) is 24.5. The third-order valence-corrected chi connectivity index (χ3v) is 4.74. The Bertz CT molecular complexity index is 405. The van der Waals surface area contributed by atoms with Crippen molar-refractivity contribution in [3.8, 4) is 0 Å². The van der Waals surface area contributed by atoms with E-state index in [1.54, 1.807) is 0 Å². The summed E-state index contributed by atoms with van der Waals surface area (Å²) in [6, 6.07) is 13.2. The maximum absolute atomic E-state index is 3.67. The van der Waals surface area contributed by atoms with Crippen LogP contribution in [0.2, 0.25) is 0 Å². The Labute approximate surface area is 123 Å². The van der Waals surface area contributed by atoms with Crippen LogP contribution in [0, 0.1) is 5.92 Å². The molecule has 1 aromatic carbocycles. The van der Waals surface area contributed by atoms with Gasteiger partial charge in [-0.15, -0.1) is 0 Å². The zero-order valence-corrected chi connectivity index (χ0v) is 12.9. The molecule has 2 aliphatic rings. The van der Waals surface area contributed by atoms with E-state index in [-0.39, 0.29) is 0 Å². The summed E-state index contributed by atoms with van der Waals surface area (Å²) in [5, 5.41) is 3.67. The van der Waals surface area contributed by atoms with Crippen molar-refractivity contribution < 1.29 is 0 Å². The number of hydrogen-bond acceptors (Lipinski definition) is 2. The molecule has 1 N–H and O–H groups in total. The van der Waals surface area contributed by atoms with Gasteiger partial charge in [-0.25, -0.2) is 0 Å². The fourth-order valence-corrected chi connectivity index (χ4v) is 3.67. The first kappa shape index (κ1) is 14.1. The molecule has 0 aromatic heterocycles. The molecule has 0 spiro atoms. The minimum absolute atomic E-state index is 0.575. The van der Waals surface area contributed by atoms with Crippen LogP contribution in [0.5, 0.6) is 0 Å². The molecule has 2 heteroatoms. The number of rotatable bonds is 6. The first-order chi connectivity index (χ1) is 9.75. The Morgan fingerprint density at radius 2 is 1.90 bits per heavy atom. The highest BCUT2D eigenvalue weighted by Gasteiger charge is 2.37. The summed E-state index contributed by atoms with van der Waals surface area (Å²) in [6.45, 7) is 7.17. The van der Waals surface area contributed by atoms with Gasteiger partial charge in [-0.1, -0.05) is 44.2 Å². The maximum Gasteiger partial charge on any atom is 0.0374 e. The fourth-order valence-electron chi connectivity index (χ4n) is 3.67. The van der Waals surface area contributed by atoms with Crippen LogP contribution in [0.1, 0.15) is 51.1 Å². The minimum Gasteiger partial charge on any atom is -0.313 e. The molecule has 2 fully saturated rings. The fraction of sp³-hybridized carbons (Fsp3) is 0.667. The van der Waals surface area contributed by atoms with Crippen LogP contribution in [0.25, 0.3) is 0 Å². The second-order valence-corrected chi connectivity index (χ2v) is 6.82. The number of nitrogens with zero attached hydrogens (tertiary/aromatic N) is 1. The standard InChI is InChI=1S/C18H28N2/c1-14(2)18(15-7-4-3-5-8-15)20(17-10-11-17)13-16-9-6-12-19-16/h3-5,7-8,14,16-19H,6,9-13H2,1-2H3. The summed E-state index contributed by atoms with van der Waals surface area (Å²) in [7, 11) is 0. The number of benzene rings is 1. The Morgan fingerprint density at radius 3 is 2.45 bits per heavy atom. The van der Waals surface area contributed by atoms with Gasteiger partial charge in [0.1, 0.15) is 0 Å². The van der Waals surface area contributed by atoms with Gasteiger partial charge in [-0.3, -0.25) is 4.90 Å². The predicted molar refractivity (Wildman–Crippen MR) is 84.8 cm³/mol. The van der Waals surface area contributed by atoms with E-state index >= 15 is 0 Å². The topological polar surface area (TPSA) is 15.3 Å². The molecule has 1 aromatic rings. The lowest BCUT2D eigenvalue weighted by atomic mass is 9.93. The molecule has 0 bridgehead atoms. The molecule has 20 heavy (non-hydrogen) atoms. The van der Waals surface area contributed by atoms with Crippen molar-refractivity contribution in [2.45, 2.75) is 57.7 Å². The van der Waals surface area contributed by atoms with Crippen molar-refractivity contribution in [1.29, 1.82) is 0 Å². The van der Waals surface area contributed by atoms with Crippen molar-refractivity contribution in [1.82, 2.24) is 10.2 Å². The molecular weight excluding hydrogens is 244 g/mol. The molecule has 2 unspecified atom stereocenters.